The van der Waals surface area contributed by atoms with Crippen molar-refractivity contribution in [2.24, 2.45) is 0 Å². The number of hydrogen-bond donors (Lipinski definition) is 1. The van der Waals surface area contributed by atoms with E-state index in [1.165, 1.54) is 12.1 Å². The monoisotopic (exact) mass is 577 g/mol. The van der Waals surface area contributed by atoms with Crippen molar-refractivity contribution in [1.82, 2.24) is 19.4 Å². The van der Waals surface area contributed by atoms with E-state index in [1.54, 1.807) is 21.6 Å². The fourth-order valence-corrected chi connectivity index (χ4v) is 5.30. The topological polar surface area (TPSA) is 98.6 Å². The van der Waals surface area contributed by atoms with Gasteiger partial charge in [0.15, 0.2) is 0 Å². The molecule has 0 aliphatic carbocycles. The highest BCUT2D eigenvalue weighted by molar-refractivity contribution is 6.36. The molecule has 2 saturated heterocycles. The first-order valence-electron chi connectivity index (χ1n) is 12.9. The van der Waals surface area contributed by atoms with E-state index in [-0.39, 0.29) is 34.6 Å². The summed E-state index contributed by atoms with van der Waals surface area (Å²) in [6.07, 6.45) is 0.205. The van der Waals surface area contributed by atoms with E-state index in [2.05, 4.69) is 21.9 Å². The Labute approximate surface area is 232 Å². The molecule has 2 aliphatic rings. The lowest BCUT2D eigenvalue weighted by molar-refractivity contribution is -0.141. The van der Waals surface area contributed by atoms with Gasteiger partial charge in [0.2, 0.25) is 11.9 Å². The maximum atomic E-state index is 13.2. The van der Waals surface area contributed by atoms with Crippen molar-refractivity contribution in [2.45, 2.75) is 44.0 Å². The first kappa shape index (κ1) is 27.9. The molecule has 13 heteroatoms. The SMILES string of the molecule is C=CC(=O)N1CCCCC(n2c(NC(=O)c3ccnc(C(F)(F)F)c3)nc3ccc(OC4CCOC4)c(Cl)c32)C1. The van der Waals surface area contributed by atoms with Crippen molar-refractivity contribution in [1.29, 1.82) is 0 Å². The number of fused-ring (bicyclic) bond motifs is 1. The van der Waals surface area contributed by atoms with E-state index in [9.17, 15) is 22.8 Å². The van der Waals surface area contributed by atoms with Gasteiger partial charge in [-0.1, -0.05) is 18.2 Å². The molecule has 1 aromatic carbocycles. The van der Waals surface area contributed by atoms with Crippen molar-refractivity contribution in [3.63, 3.8) is 0 Å². The fraction of sp³-hybridized carbons (Fsp3) is 0.407. The van der Waals surface area contributed by atoms with Gasteiger partial charge in [0, 0.05) is 31.3 Å². The molecule has 0 radical (unpaired) electrons. The lowest BCUT2D eigenvalue weighted by Crippen LogP contribution is -2.34. The minimum atomic E-state index is -4.71. The second-order valence-electron chi connectivity index (χ2n) is 9.67. The van der Waals surface area contributed by atoms with Crippen LogP contribution in [0, 0.1) is 0 Å². The van der Waals surface area contributed by atoms with Crippen LogP contribution in [0.1, 0.15) is 47.8 Å². The first-order chi connectivity index (χ1) is 19.2. The van der Waals surface area contributed by atoms with Crippen molar-refractivity contribution in [3.05, 3.63) is 59.4 Å². The Kier molecular flexibility index (Phi) is 7.99. The predicted molar refractivity (Wildman–Crippen MR) is 141 cm³/mol. The Morgan fingerprint density at radius 2 is 2.05 bits per heavy atom. The number of halogens is 4. The van der Waals surface area contributed by atoms with Gasteiger partial charge < -0.3 is 18.9 Å². The van der Waals surface area contributed by atoms with E-state index in [0.717, 1.165) is 19.0 Å². The van der Waals surface area contributed by atoms with Crippen LogP contribution in [0.5, 0.6) is 5.75 Å². The summed E-state index contributed by atoms with van der Waals surface area (Å²) in [5.41, 5.74) is -0.484. The third-order valence-corrected chi connectivity index (χ3v) is 7.34. The average Bonchev–Trinajstić information content (AvgIpc) is 3.50. The Morgan fingerprint density at radius 1 is 1.23 bits per heavy atom. The molecule has 3 aromatic rings. The molecule has 1 N–H and O–H groups in total. The second kappa shape index (κ2) is 11.5. The van der Waals surface area contributed by atoms with Crippen molar-refractivity contribution < 1.29 is 32.2 Å². The number of benzene rings is 1. The predicted octanol–water partition coefficient (Wildman–Crippen LogP) is 5.26. The van der Waals surface area contributed by atoms with E-state index < -0.39 is 17.8 Å². The van der Waals surface area contributed by atoms with Crippen LogP contribution in [-0.4, -0.2) is 63.7 Å². The van der Waals surface area contributed by atoms with Crippen LogP contribution < -0.4 is 10.1 Å². The van der Waals surface area contributed by atoms with Gasteiger partial charge >= 0.3 is 6.18 Å². The third kappa shape index (κ3) is 5.78. The lowest BCUT2D eigenvalue weighted by atomic mass is 10.1. The van der Waals surface area contributed by atoms with Gasteiger partial charge in [-0.2, -0.15) is 13.2 Å². The second-order valence-corrected chi connectivity index (χ2v) is 10.1. The zero-order chi connectivity index (χ0) is 28.4. The molecule has 0 spiro atoms. The third-order valence-electron chi connectivity index (χ3n) is 6.97. The molecule has 2 amide bonds. The quantitative estimate of drug-likeness (QED) is 0.401. The van der Waals surface area contributed by atoms with Crippen LogP contribution in [0.15, 0.2) is 43.1 Å². The molecular formula is C27H27ClF3N5O4. The van der Waals surface area contributed by atoms with Crippen molar-refractivity contribution in [3.8, 4) is 5.75 Å². The molecule has 2 aromatic heterocycles. The van der Waals surface area contributed by atoms with Gasteiger partial charge in [0.25, 0.3) is 5.91 Å². The summed E-state index contributed by atoms with van der Waals surface area (Å²) in [5, 5.41) is 2.94. The Hall–Kier alpha value is -3.64. The van der Waals surface area contributed by atoms with Crippen LogP contribution in [0.25, 0.3) is 11.0 Å². The largest absolute Gasteiger partial charge is 0.486 e. The fourth-order valence-electron chi connectivity index (χ4n) is 5.01. The minimum absolute atomic E-state index is 0.0894. The maximum Gasteiger partial charge on any atom is 0.433 e. The summed E-state index contributed by atoms with van der Waals surface area (Å²) < 4.78 is 52.9. The van der Waals surface area contributed by atoms with E-state index >= 15 is 0 Å². The van der Waals surface area contributed by atoms with Crippen LogP contribution in [0.2, 0.25) is 5.02 Å². The highest BCUT2D eigenvalue weighted by atomic mass is 35.5. The molecule has 2 unspecified atom stereocenters. The summed E-state index contributed by atoms with van der Waals surface area (Å²) in [6, 6.07) is 4.91. The summed E-state index contributed by atoms with van der Waals surface area (Å²) >= 11 is 6.88. The highest BCUT2D eigenvalue weighted by Crippen LogP contribution is 2.39. The number of alkyl halides is 3. The molecule has 0 bridgehead atoms. The number of hydrogen-bond acceptors (Lipinski definition) is 6. The van der Waals surface area contributed by atoms with Gasteiger partial charge in [-0.05, 0) is 49.6 Å². The number of aromatic nitrogens is 3. The minimum Gasteiger partial charge on any atom is -0.486 e. The van der Waals surface area contributed by atoms with Crippen molar-refractivity contribution >= 4 is 40.4 Å². The number of nitrogens with zero attached hydrogens (tertiary/aromatic N) is 4. The first-order valence-corrected chi connectivity index (χ1v) is 13.2. The summed E-state index contributed by atoms with van der Waals surface area (Å²) in [7, 11) is 0. The Balaban J connectivity index is 1.57. The zero-order valence-electron chi connectivity index (χ0n) is 21.4. The molecule has 5 rings (SSSR count). The molecule has 2 fully saturated rings. The highest BCUT2D eigenvalue weighted by Gasteiger charge is 2.33. The van der Waals surface area contributed by atoms with Gasteiger partial charge in [0.05, 0.1) is 30.3 Å². The maximum absolute atomic E-state index is 13.2. The molecule has 212 valence electrons. The van der Waals surface area contributed by atoms with E-state index in [0.29, 0.717) is 62.0 Å². The molecule has 2 atom stereocenters. The average molecular weight is 578 g/mol. The smallest absolute Gasteiger partial charge is 0.433 e. The number of likely N-dealkylation sites (tertiary alicyclic amines) is 1. The normalized spacial score (nSPS) is 19.9. The van der Waals surface area contributed by atoms with Gasteiger partial charge in [0.1, 0.15) is 22.6 Å². The Bertz CT molecular complexity index is 1440. The number of carbonyl (C=O) groups is 2. The molecule has 4 heterocycles. The number of imidazole rings is 1. The summed E-state index contributed by atoms with van der Waals surface area (Å²) in [5.74, 6) is -0.519. The molecule has 0 saturated carbocycles. The number of pyridine rings is 1. The van der Waals surface area contributed by atoms with Crippen LogP contribution >= 0.6 is 11.6 Å². The van der Waals surface area contributed by atoms with E-state index in [1.807, 2.05) is 0 Å². The standard InChI is InChI=1S/C27H27ClF3N5O4/c1-2-22(37)35-11-4-3-5-17(14-35)36-24-19(6-7-20(23(24)28)40-18-9-12-39-15-18)33-26(36)34-25(38)16-8-10-32-21(13-16)27(29,30)31/h2,6-8,10,13,17-18H,1,3-5,9,11-12,14-15H2,(H,33,34,38). The van der Waals surface area contributed by atoms with E-state index in [4.69, 9.17) is 21.1 Å². The molecule has 40 heavy (non-hydrogen) atoms. The lowest BCUT2D eigenvalue weighted by Gasteiger charge is -2.26. The molecule has 2 aliphatic heterocycles. The van der Waals surface area contributed by atoms with Crippen LogP contribution in [0.3, 0.4) is 0 Å². The van der Waals surface area contributed by atoms with Gasteiger partial charge in [-0.15, -0.1) is 0 Å². The number of rotatable bonds is 6. The molecule has 9 nitrogen and oxygen atoms in total. The van der Waals surface area contributed by atoms with Crippen LogP contribution in [-0.2, 0) is 15.7 Å². The Morgan fingerprint density at radius 3 is 2.77 bits per heavy atom. The molecular weight excluding hydrogens is 551 g/mol. The number of amides is 2. The number of nitrogens with one attached hydrogen (secondary N) is 1. The number of anilines is 1. The van der Waals surface area contributed by atoms with Gasteiger partial charge in [-0.25, -0.2) is 4.98 Å². The summed E-state index contributed by atoms with van der Waals surface area (Å²) in [4.78, 5) is 35.3. The summed E-state index contributed by atoms with van der Waals surface area (Å²) in [6.45, 7) is 5.44. The number of ether oxygens (including phenoxy) is 2. The van der Waals surface area contributed by atoms with Crippen LogP contribution in [0.4, 0.5) is 19.1 Å². The van der Waals surface area contributed by atoms with Gasteiger partial charge in [-0.3, -0.25) is 19.9 Å². The van der Waals surface area contributed by atoms with Crippen molar-refractivity contribution in [2.75, 3.05) is 31.6 Å². The zero-order valence-corrected chi connectivity index (χ0v) is 22.2. The number of carbonyl (C=O) groups excluding carboxylic acids is 2.